The normalized spacial score (nSPS) is 42.2. The molecule has 2 fully saturated rings. The lowest BCUT2D eigenvalue weighted by atomic mass is 9.68. The van der Waals surface area contributed by atoms with Gasteiger partial charge >= 0.3 is 0 Å². The van der Waals surface area contributed by atoms with E-state index in [1.807, 2.05) is 0 Å². The molecule has 13 heavy (non-hydrogen) atoms. The van der Waals surface area contributed by atoms with Gasteiger partial charge in [0.25, 0.3) is 0 Å². The third-order valence-electron chi connectivity index (χ3n) is 4.51. The molecule has 2 aliphatic rings. The predicted octanol–water partition coefficient (Wildman–Crippen LogP) is 2.81. The average molecular weight is 181 g/mol. The minimum Gasteiger partial charge on any atom is -0.313 e. The summed E-state index contributed by atoms with van der Waals surface area (Å²) in [4.78, 5) is 0. The summed E-state index contributed by atoms with van der Waals surface area (Å²) in [6, 6.07) is 0.826. The molecule has 3 atom stereocenters. The van der Waals surface area contributed by atoms with Crippen molar-refractivity contribution in [2.45, 2.75) is 52.5 Å². The molecule has 2 rings (SSSR count). The highest BCUT2D eigenvalue weighted by Gasteiger charge is 2.37. The van der Waals surface area contributed by atoms with Crippen LogP contribution in [0.3, 0.4) is 0 Å². The van der Waals surface area contributed by atoms with Gasteiger partial charge < -0.3 is 5.32 Å². The zero-order valence-corrected chi connectivity index (χ0v) is 9.27. The summed E-state index contributed by atoms with van der Waals surface area (Å²) in [5, 5.41) is 3.74. The van der Waals surface area contributed by atoms with Gasteiger partial charge in [0.05, 0.1) is 0 Å². The molecule has 1 nitrogen and oxygen atoms in total. The van der Waals surface area contributed by atoms with Gasteiger partial charge in [0.2, 0.25) is 0 Å². The second-order valence-electron chi connectivity index (χ2n) is 5.72. The second-order valence-corrected chi connectivity index (χ2v) is 5.72. The van der Waals surface area contributed by atoms with Crippen molar-refractivity contribution >= 4 is 0 Å². The maximum absolute atomic E-state index is 3.74. The maximum atomic E-state index is 3.74. The van der Waals surface area contributed by atoms with E-state index >= 15 is 0 Å². The predicted molar refractivity (Wildman–Crippen MR) is 56.7 cm³/mol. The van der Waals surface area contributed by atoms with Gasteiger partial charge in [0.1, 0.15) is 0 Å². The van der Waals surface area contributed by atoms with E-state index in [1.54, 1.807) is 0 Å². The van der Waals surface area contributed by atoms with Crippen LogP contribution in [0.5, 0.6) is 0 Å². The minimum atomic E-state index is 0.651. The zero-order chi connectivity index (χ0) is 9.47. The number of rotatable bonds is 3. The summed E-state index contributed by atoms with van der Waals surface area (Å²) in [5.41, 5.74) is 0.651. The van der Waals surface area contributed by atoms with Crippen molar-refractivity contribution in [2.75, 3.05) is 6.54 Å². The first kappa shape index (κ1) is 9.51. The van der Waals surface area contributed by atoms with Crippen LogP contribution in [-0.2, 0) is 0 Å². The van der Waals surface area contributed by atoms with E-state index in [1.165, 1.54) is 32.2 Å². The van der Waals surface area contributed by atoms with Crippen LogP contribution in [0.25, 0.3) is 0 Å². The van der Waals surface area contributed by atoms with Gasteiger partial charge in [-0.25, -0.2) is 0 Å². The van der Waals surface area contributed by atoms with Crippen molar-refractivity contribution in [3.63, 3.8) is 0 Å². The monoisotopic (exact) mass is 181 g/mol. The Bertz CT molecular complexity index is 184. The number of nitrogens with one attached hydrogen (secondary N) is 1. The molecule has 0 aliphatic heterocycles. The fourth-order valence-corrected chi connectivity index (χ4v) is 2.63. The molecule has 0 spiro atoms. The number of hydrogen-bond acceptors (Lipinski definition) is 1. The lowest BCUT2D eigenvalue weighted by molar-refractivity contribution is 0.0935. The first-order valence-electron chi connectivity index (χ1n) is 5.84. The first-order chi connectivity index (χ1) is 6.11. The third-order valence-corrected chi connectivity index (χ3v) is 4.51. The Balaban J connectivity index is 1.68. The molecule has 0 aromatic carbocycles. The SMILES string of the molecule is CC1CC(NCC2(C)CCC2)C1C. The largest absolute Gasteiger partial charge is 0.313 e. The molecular formula is C12H23N. The maximum Gasteiger partial charge on any atom is 0.00981 e. The van der Waals surface area contributed by atoms with E-state index in [0.29, 0.717) is 5.41 Å². The second kappa shape index (κ2) is 3.27. The highest BCUT2D eigenvalue weighted by atomic mass is 15.0. The molecule has 1 heteroatoms. The fourth-order valence-electron chi connectivity index (χ4n) is 2.63. The van der Waals surface area contributed by atoms with Gasteiger partial charge in [0.15, 0.2) is 0 Å². The first-order valence-corrected chi connectivity index (χ1v) is 5.84. The molecule has 0 aromatic heterocycles. The van der Waals surface area contributed by atoms with E-state index in [2.05, 4.69) is 26.1 Å². The molecule has 0 aromatic rings. The summed E-state index contributed by atoms with van der Waals surface area (Å²) in [5.74, 6) is 1.86. The Morgan fingerprint density at radius 3 is 2.38 bits per heavy atom. The fraction of sp³-hybridized carbons (Fsp3) is 1.00. The van der Waals surface area contributed by atoms with Crippen LogP contribution in [-0.4, -0.2) is 12.6 Å². The molecule has 76 valence electrons. The molecule has 0 bridgehead atoms. The topological polar surface area (TPSA) is 12.0 Å². The van der Waals surface area contributed by atoms with Crippen LogP contribution in [0.1, 0.15) is 46.5 Å². The van der Waals surface area contributed by atoms with Gasteiger partial charge in [-0.2, -0.15) is 0 Å². The third kappa shape index (κ3) is 1.76. The summed E-state index contributed by atoms with van der Waals surface area (Å²) >= 11 is 0. The van der Waals surface area contributed by atoms with Crippen molar-refractivity contribution in [3.8, 4) is 0 Å². The van der Waals surface area contributed by atoms with Gasteiger partial charge in [-0.15, -0.1) is 0 Å². The highest BCUT2D eigenvalue weighted by molar-refractivity contribution is 4.93. The van der Waals surface area contributed by atoms with Crippen LogP contribution < -0.4 is 5.32 Å². The van der Waals surface area contributed by atoms with Crippen molar-refractivity contribution in [1.29, 1.82) is 0 Å². The van der Waals surface area contributed by atoms with Crippen molar-refractivity contribution < 1.29 is 0 Å². The Kier molecular flexibility index (Phi) is 2.39. The zero-order valence-electron chi connectivity index (χ0n) is 9.27. The summed E-state index contributed by atoms with van der Waals surface area (Å²) in [6.07, 6.45) is 5.74. The smallest absolute Gasteiger partial charge is 0.00981 e. The highest BCUT2D eigenvalue weighted by Crippen LogP contribution is 2.41. The molecule has 0 heterocycles. The van der Waals surface area contributed by atoms with Gasteiger partial charge in [-0.3, -0.25) is 0 Å². The molecule has 0 radical (unpaired) electrons. The van der Waals surface area contributed by atoms with Crippen molar-refractivity contribution in [1.82, 2.24) is 5.32 Å². The molecule has 2 saturated carbocycles. The van der Waals surface area contributed by atoms with E-state index in [9.17, 15) is 0 Å². The number of hydrogen-bond donors (Lipinski definition) is 1. The van der Waals surface area contributed by atoms with Crippen LogP contribution in [0.2, 0.25) is 0 Å². The Morgan fingerprint density at radius 2 is 2.00 bits per heavy atom. The molecule has 3 unspecified atom stereocenters. The molecule has 1 N–H and O–H groups in total. The van der Waals surface area contributed by atoms with E-state index in [4.69, 9.17) is 0 Å². The van der Waals surface area contributed by atoms with E-state index < -0.39 is 0 Å². The van der Waals surface area contributed by atoms with E-state index in [0.717, 1.165) is 17.9 Å². The average Bonchev–Trinajstić information content (AvgIpc) is 2.08. The van der Waals surface area contributed by atoms with Gasteiger partial charge in [-0.1, -0.05) is 27.2 Å². The summed E-state index contributed by atoms with van der Waals surface area (Å²) in [7, 11) is 0. The van der Waals surface area contributed by atoms with Crippen LogP contribution >= 0.6 is 0 Å². The summed E-state index contributed by atoms with van der Waals surface area (Å²) < 4.78 is 0. The molecule has 0 saturated heterocycles. The van der Waals surface area contributed by atoms with Crippen molar-refractivity contribution in [2.24, 2.45) is 17.3 Å². The molecule has 2 aliphatic carbocycles. The molecule has 0 amide bonds. The van der Waals surface area contributed by atoms with Crippen LogP contribution in [0.4, 0.5) is 0 Å². The lowest BCUT2D eigenvalue weighted by Gasteiger charge is -2.45. The van der Waals surface area contributed by atoms with Crippen molar-refractivity contribution in [3.05, 3.63) is 0 Å². The Morgan fingerprint density at radius 1 is 1.31 bits per heavy atom. The molecular weight excluding hydrogens is 158 g/mol. The van der Waals surface area contributed by atoms with E-state index in [-0.39, 0.29) is 0 Å². The quantitative estimate of drug-likeness (QED) is 0.706. The van der Waals surface area contributed by atoms with Gasteiger partial charge in [-0.05, 0) is 36.5 Å². The lowest BCUT2D eigenvalue weighted by Crippen LogP contribution is -2.51. The standard InChI is InChI=1S/C12H23N/c1-9-7-11(10(9)2)13-8-12(3)5-4-6-12/h9-11,13H,4-8H2,1-3H3. The minimum absolute atomic E-state index is 0.651. The van der Waals surface area contributed by atoms with Crippen LogP contribution in [0, 0.1) is 17.3 Å². The summed E-state index contributed by atoms with van der Waals surface area (Å²) in [6.45, 7) is 8.44. The van der Waals surface area contributed by atoms with Crippen LogP contribution in [0.15, 0.2) is 0 Å². The Labute approximate surface area is 82.3 Å². The van der Waals surface area contributed by atoms with Gasteiger partial charge in [0, 0.05) is 12.6 Å². The Hall–Kier alpha value is -0.0400.